The fourth-order valence-corrected chi connectivity index (χ4v) is 2.75. The molecule has 2 rings (SSSR count). The van der Waals surface area contributed by atoms with E-state index in [4.69, 9.17) is 0 Å². The lowest BCUT2D eigenvalue weighted by Crippen LogP contribution is -2.22. The molecule has 0 saturated heterocycles. The standard InChI is InChI=1S/C17H19NOS/c1-12-9-10-13(2)16(11-12)18-17(19)14(3)20-15-7-5-4-6-8-15/h4-11,14H,1-3H3,(H,18,19). The van der Waals surface area contributed by atoms with Crippen molar-refractivity contribution in [3.63, 3.8) is 0 Å². The van der Waals surface area contributed by atoms with E-state index in [0.717, 1.165) is 21.7 Å². The van der Waals surface area contributed by atoms with Crippen LogP contribution in [0, 0.1) is 13.8 Å². The molecule has 1 N–H and O–H groups in total. The Morgan fingerprint density at radius 2 is 1.80 bits per heavy atom. The molecule has 0 fully saturated rings. The van der Waals surface area contributed by atoms with Crippen LogP contribution in [0.2, 0.25) is 0 Å². The van der Waals surface area contributed by atoms with Crippen molar-refractivity contribution >= 4 is 23.4 Å². The van der Waals surface area contributed by atoms with Crippen LogP contribution in [0.4, 0.5) is 5.69 Å². The average molecular weight is 285 g/mol. The number of benzene rings is 2. The number of rotatable bonds is 4. The Hall–Kier alpha value is -1.74. The van der Waals surface area contributed by atoms with E-state index >= 15 is 0 Å². The number of anilines is 1. The molecule has 0 saturated carbocycles. The molecule has 0 spiro atoms. The van der Waals surface area contributed by atoms with Crippen LogP contribution >= 0.6 is 11.8 Å². The Morgan fingerprint density at radius 3 is 2.50 bits per heavy atom. The summed E-state index contributed by atoms with van der Waals surface area (Å²) in [5.74, 6) is 0.0348. The maximum Gasteiger partial charge on any atom is 0.237 e. The molecule has 0 aromatic heterocycles. The zero-order valence-corrected chi connectivity index (χ0v) is 12.8. The molecule has 0 heterocycles. The smallest absolute Gasteiger partial charge is 0.237 e. The molecule has 2 aromatic rings. The van der Waals surface area contributed by atoms with Gasteiger partial charge in [-0.05, 0) is 50.1 Å². The van der Waals surface area contributed by atoms with Crippen molar-refractivity contribution in [3.05, 3.63) is 59.7 Å². The number of nitrogens with one attached hydrogen (secondary N) is 1. The van der Waals surface area contributed by atoms with Gasteiger partial charge >= 0.3 is 0 Å². The summed E-state index contributed by atoms with van der Waals surface area (Å²) in [5.41, 5.74) is 3.13. The van der Waals surface area contributed by atoms with Gasteiger partial charge in [0.1, 0.15) is 0 Å². The van der Waals surface area contributed by atoms with Gasteiger partial charge in [-0.2, -0.15) is 0 Å². The van der Waals surface area contributed by atoms with Gasteiger partial charge in [0, 0.05) is 10.6 Å². The Kier molecular flexibility index (Phi) is 4.85. The third kappa shape index (κ3) is 3.87. The molecule has 1 amide bonds. The van der Waals surface area contributed by atoms with Crippen molar-refractivity contribution in [2.45, 2.75) is 30.9 Å². The number of aryl methyl sites for hydroxylation is 2. The van der Waals surface area contributed by atoms with E-state index in [1.54, 1.807) is 11.8 Å². The first-order valence-corrected chi connectivity index (χ1v) is 7.54. The second kappa shape index (κ2) is 6.62. The number of amides is 1. The normalized spacial score (nSPS) is 11.9. The predicted octanol–water partition coefficient (Wildman–Crippen LogP) is 4.42. The van der Waals surface area contributed by atoms with E-state index in [0.29, 0.717) is 0 Å². The van der Waals surface area contributed by atoms with Gasteiger partial charge in [0.25, 0.3) is 0 Å². The maximum atomic E-state index is 12.2. The van der Waals surface area contributed by atoms with Crippen LogP contribution in [0.25, 0.3) is 0 Å². The van der Waals surface area contributed by atoms with Gasteiger partial charge in [-0.1, -0.05) is 30.3 Å². The minimum Gasteiger partial charge on any atom is -0.325 e. The first kappa shape index (κ1) is 14.7. The van der Waals surface area contributed by atoms with Crippen LogP contribution in [-0.2, 0) is 4.79 Å². The zero-order valence-electron chi connectivity index (χ0n) is 12.0. The Bertz CT molecular complexity index is 595. The summed E-state index contributed by atoms with van der Waals surface area (Å²) in [6.07, 6.45) is 0. The predicted molar refractivity (Wildman–Crippen MR) is 86.3 cm³/mol. The van der Waals surface area contributed by atoms with Gasteiger partial charge in [-0.15, -0.1) is 11.8 Å². The van der Waals surface area contributed by atoms with E-state index in [1.807, 2.05) is 69.3 Å². The molecule has 0 aliphatic rings. The molecule has 2 nitrogen and oxygen atoms in total. The van der Waals surface area contributed by atoms with Crippen LogP contribution in [0.3, 0.4) is 0 Å². The lowest BCUT2D eigenvalue weighted by atomic mass is 10.1. The van der Waals surface area contributed by atoms with Gasteiger partial charge in [0.2, 0.25) is 5.91 Å². The molecule has 0 radical (unpaired) electrons. The van der Waals surface area contributed by atoms with Gasteiger partial charge in [0.15, 0.2) is 0 Å². The number of carbonyl (C=O) groups is 1. The van der Waals surface area contributed by atoms with E-state index in [9.17, 15) is 4.79 Å². The topological polar surface area (TPSA) is 29.1 Å². The molecule has 3 heteroatoms. The molecule has 0 bridgehead atoms. The molecule has 1 unspecified atom stereocenters. The highest BCUT2D eigenvalue weighted by Gasteiger charge is 2.15. The SMILES string of the molecule is Cc1ccc(C)c(NC(=O)C(C)Sc2ccccc2)c1. The summed E-state index contributed by atoms with van der Waals surface area (Å²) in [4.78, 5) is 13.4. The van der Waals surface area contributed by atoms with Crippen LogP contribution in [-0.4, -0.2) is 11.2 Å². The highest BCUT2D eigenvalue weighted by molar-refractivity contribution is 8.00. The van der Waals surface area contributed by atoms with E-state index in [-0.39, 0.29) is 11.2 Å². The number of hydrogen-bond donors (Lipinski definition) is 1. The minimum absolute atomic E-state index is 0.0348. The highest BCUT2D eigenvalue weighted by atomic mass is 32.2. The minimum atomic E-state index is -0.127. The van der Waals surface area contributed by atoms with Gasteiger partial charge in [-0.25, -0.2) is 0 Å². The number of hydrogen-bond acceptors (Lipinski definition) is 2. The average Bonchev–Trinajstić information content (AvgIpc) is 2.44. The van der Waals surface area contributed by atoms with Crippen LogP contribution in [0.15, 0.2) is 53.4 Å². The van der Waals surface area contributed by atoms with E-state index in [2.05, 4.69) is 5.32 Å². The first-order chi connectivity index (χ1) is 9.56. The Morgan fingerprint density at radius 1 is 1.10 bits per heavy atom. The summed E-state index contributed by atoms with van der Waals surface area (Å²) in [6.45, 7) is 5.96. The van der Waals surface area contributed by atoms with Crippen molar-refractivity contribution in [1.29, 1.82) is 0 Å². The lowest BCUT2D eigenvalue weighted by molar-refractivity contribution is -0.115. The molecule has 20 heavy (non-hydrogen) atoms. The molecule has 0 aliphatic carbocycles. The molecule has 0 aliphatic heterocycles. The van der Waals surface area contributed by atoms with E-state index < -0.39 is 0 Å². The van der Waals surface area contributed by atoms with Crippen molar-refractivity contribution in [2.24, 2.45) is 0 Å². The Balaban J connectivity index is 2.02. The molecule has 1 atom stereocenters. The van der Waals surface area contributed by atoms with Crippen molar-refractivity contribution < 1.29 is 4.79 Å². The maximum absolute atomic E-state index is 12.2. The van der Waals surface area contributed by atoms with Gasteiger partial charge in [0.05, 0.1) is 5.25 Å². The molecule has 2 aromatic carbocycles. The third-order valence-electron chi connectivity index (χ3n) is 3.08. The second-order valence-electron chi connectivity index (χ2n) is 4.88. The fraction of sp³-hybridized carbons (Fsp3) is 0.235. The monoisotopic (exact) mass is 285 g/mol. The first-order valence-electron chi connectivity index (χ1n) is 6.66. The lowest BCUT2D eigenvalue weighted by Gasteiger charge is -2.14. The zero-order chi connectivity index (χ0) is 14.5. The summed E-state index contributed by atoms with van der Waals surface area (Å²) in [7, 11) is 0. The number of carbonyl (C=O) groups excluding carboxylic acids is 1. The largest absolute Gasteiger partial charge is 0.325 e. The van der Waals surface area contributed by atoms with Crippen molar-refractivity contribution in [1.82, 2.24) is 0 Å². The quantitative estimate of drug-likeness (QED) is 0.842. The molecular formula is C17H19NOS. The summed E-state index contributed by atoms with van der Waals surface area (Å²) >= 11 is 1.57. The van der Waals surface area contributed by atoms with Crippen LogP contribution < -0.4 is 5.32 Å². The summed E-state index contributed by atoms with van der Waals surface area (Å²) in [6, 6.07) is 16.1. The van der Waals surface area contributed by atoms with Crippen LogP contribution in [0.5, 0.6) is 0 Å². The van der Waals surface area contributed by atoms with Crippen molar-refractivity contribution in [2.75, 3.05) is 5.32 Å². The van der Waals surface area contributed by atoms with Crippen molar-refractivity contribution in [3.8, 4) is 0 Å². The highest BCUT2D eigenvalue weighted by Crippen LogP contribution is 2.24. The second-order valence-corrected chi connectivity index (χ2v) is 6.29. The summed E-state index contributed by atoms with van der Waals surface area (Å²) in [5, 5.41) is 2.88. The fourth-order valence-electron chi connectivity index (χ4n) is 1.86. The van der Waals surface area contributed by atoms with Gasteiger partial charge in [-0.3, -0.25) is 4.79 Å². The van der Waals surface area contributed by atoms with Crippen LogP contribution in [0.1, 0.15) is 18.1 Å². The number of thioether (sulfide) groups is 1. The molecular weight excluding hydrogens is 266 g/mol. The molecule has 104 valence electrons. The van der Waals surface area contributed by atoms with Gasteiger partial charge < -0.3 is 5.32 Å². The summed E-state index contributed by atoms with van der Waals surface area (Å²) < 4.78 is 0. The third-order valence-corrected chi connectivity index (χ3v) is 4.19. The van der Waals surface area contributed by atoms with E-state index in [1.165, 1.54) is 0 Å². The Labute approximate surface area is 124 Å².